The first-order valence-corrected chi connectivity index (χ1v) is 11.5. The Morgan fingerprint density at radius 3 is 2.67 bits per heavy atom. The summed E-state index contributed by atoms with van der Waals surface area (Å²) in [5.41, 5.74) is 5.50. The number of fused-ring (bicyclic) bond motifs is 1. The monoisotopic (exact) mass is 499 g/mol. The number of ether oxygens (including phenoxy) is 3. The number of carbonyl (C=O) groups excluding carboxylic acids is 1. The molecule has 3 heterocycles. The van der Waals surface area contributed by atoms with E-state index in [9.17, 15) is 14.7 Å². The van der Waals surface area contributed by atoms with Crippen molar-refractivity contribution < 1.29 is 24.1 Å². The molecule has 3 aromatic rings. The number of carbonyl (C=O) groups is 1. The topological polar surface area (TPSA) is 167 Å². The van der Waals surface area contributed by atoms with Crippen LogP contribution in [0.5, 0.6) is 11.5 Å². The fraction of sp³-hybridized carbons (Fsp3) is 0.435. The fourth-order valence-electron chi connectivity index (χ4n) is 3.89. The van der Waals surface area contributed by atoms with Crippen LogP contribution in [0.25, 0.3) is 10.9 Å². The number of hydrogen-bond donors (Lipinski definition) is 3. The molecule has 13 nitrogen and oxygen atoms in total. The van der Waals surface area contributed by atoms with E-state index in [-0.39, 0.29) is 47.4 Å². The van der Waals surface area contributed by atoms with Crippen molar-refractivity contribution in [2.45, 2.75) is 19.6 Å². The average Bonchev–Trinajstić information content (AvgIpc) is 2.88. The van der Waals surface area contributed by atoms with Crippen molar-refractivity contribution in [1.82, 2.24) is 24.4 Å². The molecule has 0 unspecified atom stereocenters. The number of nitrogen functional groups attached to an aromatic ring is 1. The lowest BCUT2D eigenvalue weighted by Crippen LogP contribution is -2.42. The number of benzene rings is 1. The number of morpholine rings is 1. The average molecular weight is 500 g/mol. The summed E-state index contributed by atoms with van der Waals surface area (Å²) in [6.07, 6.45) is 1.82. The van der Waals surface area contributed by atoms with Gasteiger partial charge in [-0.25, -0.2) is 15.0 Å². The van der Waals surface area contributed by atoms with E-state index in [1.165, 1.54) is 24.1 Å². The number of nitrogens with two attached hydrogens (primary N) is 1. The SMILES string of the molecule is CCn1c(NC(=O)c2cnc(N)nc2)nc2c(OC)c(OC[C@@H](O)CN3CCOCC3)ccc2c1=O. The lowest BCUT2D eigenvalue weighted by atomic mass is 10.2. The number of methoxy groups -OCH3 is 1. The van der Waals surface area contributed by atoms with Crippen molar-refractivity contribution in [2.24, 2.45) is 0 Å². The van der Waals surface area contributed by atoms with Crippen LogP contribution in [0.2, 0.25) is 0 Å². The first-order chi connectivity index (χ1) is 17.4. The molecule has 2 aromatic heterocycles. The zero-order valence-corrected chi connectivity index (χ0v) is 20.1. The Morgan fingerprint density at radius 2 is 2.00 bits per heavy atom. The van der Waals surface area contributed by atoms with E-state index in [2.05, 4.69) is 25.2 Å². The van der Waals surface area contributed by atoms with Crippen molar-refractivity contribution in [3.63, 3.8) is 0 Å². The number of aliphatic hydroxyl groups is 1. The van der Waals surface area contributed by atoms with Gasteiger partial charge in [0.25, 0.3) is 11.5 Å². The molecular weight excluding hydrogens is 470 g/mol. The van der Waals surface area contributed by atoms with Crippen molar-refractivity contribution in [3.8, 4) is 11.5 Å². The summed E-state index contributed by atoms with van der Waals surface area (Å²) in [5.74, 6) is 0.0444. The summed E-state index contributed by atoms with van der Waals surface area (Å²) in [5, 5.41) is 13.4. The van der Waals surface area contributed by atoms with E-state index in [0.717, 1.165) is 13.1 Å². The number of amides is 1. The van der Waals surface area contributed by atoms with Gasteiger partial charge < -0.3 is 25.1 Å². The van der Waals surface area contributed by atoms with Gasteiger partial charge in [-0.2, -0.15) is 0 Å². The number of nitrogens with zero attached hydrogens (tertiary/aromatic N) is 5. The number of β-amino-alcohol motifs (C(OH)–C–C–N with tert-alkyl or cyclic N) is 1. The zero-order chi connectivity index (χ0) is 25.7. The van der Waals surface area contributed by atoms with Gasteiger partial charge >= 0.3 is 0 Å². The number of anilines is 2. The number of rotatable bonds is 9. The lowest BCUT2D eigenvalue weighted by Gasteiger charge is -2.28. The van der Waals surface area contributed by atoms with Crippen molar-refractivity contribution >= 4 is 28.7 Å². The molecule has 36 heavy (non-hydrogen) atoms. The second-order valence-corrected chi connectivity index (χ2v) is 8.14. The van der Waals surface area contributed by atoms with E-state index in [1.54, 1.807) is 19.1 Å². The molecule has 4 rings (SSSR count). The van der Waals surface area contributed by atoms with Crippen LogP contribution in [-0.4, -0.2) is 88.1 Å². The number of hydrogen-bond acceptors (Lipinski definition) is 11. The van der Waals surface area contributed by atoms with E-state index in [1.807, 2.05) is 0 Å². The van der Waals surface area contributed by atoms with E-state index in [4.69, 9.17) is 19.9 Å². The van der Waals surface area contributed by atoms with E-state index in [0.29, 0.717) is 30.9 Å². The van der Waals surface area contributed by atoms with Gasteiger partial charge in [0.1, 0.15) is 18.2 Å². The highest BCUT2D eigenvalue weighted by atomic mass is 16.5. The molecule has 0 radical (unpaired) electrons. The van der Waals surface area contributed by atoms with Gasteiger partial charge in [0.15, 0.2) is 11.5 Å². The minimum atomic E-state index is -0.735. The summed E-state index contributed by atoms with van der Waals surface area (Å²) >= 11 is 0. The third kappa shape index (κ3) is 5.53. The Bertz CT molecular complexity index is 1270. The third-order valence-electron chi connectivity index (χ3n) is 5.73. The Labute approximate surface area is 206 Å². The Morgan fingerprint density at radius 1 is 1.28 bits per heavy atom. The number of aromatic nitrogens is 4. The Kier molecular flexibility index (Phi) is 7.93. The summed E-state index contributed by atoms with van der Waals surface area (Å²) < 4.78 is 18.0. The first kappa shape index (κ1) is 25.3. The van der Waals surface area contributed by atoms with Gasteiger partial charge in [-0.3, -0.25) is 24.4 Å². The van der Waals surface area contributed by atoms with Gasteiger partial charge in [-0.15, -0.1) is 0 Å². The van der Waals surface area contributed by atoms with Crippen LogP contribution < -0.4 is 26.1 Å². The number of nitrogens with one attached hydrogen (secondary N) is 1. The summed E-state index contributed by atoms with van der Waals surface area (Å²) in [6.45, 7) is 5.28. The molecule has 192 valence electrons. The molecule has 1 atom stereocenters. The molecule has 1 amide bonds. The Hall–Kier alpha value is -3.81. The lowest BCUT2D eigenvalue weighted by molar-refractivity contribution is 0.00447. The Balaban J connectivity index is 1.60. The maximum Gasteiger partial charge on any atom is 0.262 e. The third-order valence-corrected chi connectivity index (χ3v) is 5.73. The smallest absolute Gasteiger partial charge is 0.262 e. The molecule has 0 aliphatic carbocycles. The van der Waals surface area contributed by atoms with Gasteiger partial charge in [-0.05, 0) is 19.1 Å². The molecule has 1 fully saturated rings. The molecular formula is C23H29N7O6. The van der Waals surface area contributed by atoms with Crippen LogP contribution in [0.4, 0.5) is 11.9 Å². The predicted octanol–water partition coefficient (Wildman–Crippen LogP) is 0.121. The summed E-state index contributed by atoms with van der Waals surface area (Å²) in [6, 6.07) is 3.19. The fourth-order valence-corrected chi connectivity index (χ4v) is 3.89. The van der Waals surface area contributed by atoms with Crippen LogP contribution in [0.1, 0.15) is 17.3 Å². The maximum atomic E-state index is 13.2. The van der Waals surface area contributed by atoms with E-state index >= 15 is 0 Å². The summed E-state index contributed by atoms with van der Waals surface area (Å²) in [4.78, 5) is 40.2. The van der Waals surface area contributed by atoms with Crippen LogP contribution >= 0.6 is 0 Å². The van der Waals surface area contributed by atoms with Gasteiger partial charge in [0.2, 0.25) is 11.9 Å². The highest BCUT2D eigenvalue weighted by molar-refractivity contribution is 6.03. The second-order valence-electron chi connectivity index (χ2n) is 8.14. The van der Waals surface area contributed by atoms with Crippen LogP contribution in [0.3, 0.4) is 0 Å². The largest absolute Gasteiger partial charge is 0.491 e. The minimum Gasteiger partial charge on any atom is -0.491 e. The molecule has 1 aliphatic rings. The molecule has 1 saturated heterocycles. The normalized spacial score (nSPS) is 15.0. The van der Waals surface area contributed by atoms with Crippen LogP contribution in [-0.2, 0) is 11.3 Å². The zero-order valence-electron chi connectivity index (χ0n) is 20.1. The molecule has 1 aliphatic heterocycles. The molecule has 13 heteroatoms. The van der Waals surface area contributed by atoms with Crippen molar-refractivity contribution in [2.75, 3.05) is 57.6 Å². The number of aliphatic hydroxyl groups excluding tert-OH is 1. The van der Waals surface area contributed by atoms with Crippen molar-refractivity contribution in [3.05, 3.63) is 40.4 Å². The van der Waals surface area contributed by atoms with E-state index < -0.39 is 12.0 Å². The molecule has 4 N–H and O–H groups in total. The minimum absolute atomic E-state index is 0.0198. The summed E-state index contributed by atoms with van der Waals surface area (Å²) in [7, 11) is 1.43. The van der Waals surface area contributed by atoms with Gasteiger partial charge in [-0.1, -0.05) is 0 Å². The maximum absolute atomic E-state index is 13.2. The first-order valence-electron chi connectivity index (χ1n) is 11.5. The predicted molar refractivity (Wildman–Crippen MR) is 131 cm³/mol. The second kappa shape index (κ2) is 11.3. The molecule has 0 saturated carbocycles. The van der Waals surface area contributed by atoms with Crippen LogP contribution in [0.15, 0.2) is 29.3 Å². The quantitative estimate of drug-likeness (QED) is 0.366. The highest BCUT2D eigenvalue weighted by Gasteiger charge is 2.21. The standard InChI is InChI=1S/C23H29N7O6/c1-3-30-21(33)16-4-5-17(36-13-15(31)12-29-6-8-35-9-7-29)19(34-2)18(16)27-23(30)28-20(32)14-10-25-22(24)26-11-14/h4-5,10-11,15,31H,3,6-9,12-13H2,1-2H3,(H2,24,25,26)(H,27,28,32)/t15-/m0/s1. The van der Waals surface area contributed by atoms with Crippen molar-refractivity contribution in [1.29, 1.82) is 0 Å². The highest BCUT2D eigenvalue weighted by Crippen LogP contribution is 2.34. The van der Waals surface area contributed by atoms with Gasteiger partial charge in [0, 0.05) is 38.6 Å². The molecule has 1 aromatic carbocycles. The van der Waals surface area contributed by atoms with Crippen LogP contribution in [0, 0.1) is 0 Å². The molecule has 0 spiro atoms. The van der Waals surface area contributed by atoms with Gasteiger partial charge in [0.05, 0.1) is 31.3 Å². The molecule has 0 bridgehead atoms.